The van der Waals surface area contributed by atoms with Crippen molar-refractivity contribution in [1.82, 2.24) is 0 Å². The number of carbonyl (C=O) groups is 2. The fraction of sp³-hybridized carbons (Fsp3) is 0.333. The van der Waals surface area contributed by atoms with Gasteiger partial charge in [-0.1, -0.05) is 31.2 Å². The highest BCUT2D eigenvalue weighted by atomic mass is 19.1. The molecule has 19 heavy (non-hydrogen) atoms. The summed E-state index contributed by atoms with van der Waals surface area (Å²) in [4.78, 5) is 23.4. The van der Waals surface area contributed by atoms with E-state index in [1.807, 2.05) is 0 Å². The maximum absolute atomic E-state index is 12.7. The standard InChI is InChI=1S/C15H17FO3/c1-3-14(17)13(15(18)19-4-2)10-7-11-5-8-12(16)9-6-11/h5-10,13H,3-4H2,1-2H3/b10-7+. The van der Waals surface area contributed by atoms with Gasteiger partial charge in [-0.3, -0.25) is 9.59 Å². The number of esters is 1. The number of benzene rings is 1. The molecule has 0 amide bonds. The van der Waals surface area contributed by atoms with Gasteiger partial charge in [0.15, 0.2) is 5.78 Å². The number of hydrogen-bond donors (Lipinski definition) is 0. The van der Waals surface area contributed by atoms with E-state index in [1.54, 1.807) is 32.1 Å². The van der Waals surface area contributed by atoms with Gasteiger partial charge in [0.05, 0.1) is 6.61 Å². The van der Waals surface area contributed by atoms with Crippen LogP contribution in [0.3, 0.4) is 0 Å². The molecule has 4 heteroatoms. The maximum atomic E-state index is 12.7. The van der Waals surface area contributed by atoms with Crippen molar-refractivity contribution in [1.29, 1.82) is 0 Å². The summed E-state index contributed by atoms with van der Waals surface area (Å²) in [5.74, 6) is -1.97. The Morgan fingerprint density at radius 1 is 1.26 bits per heavy atom. The number of carbonyl (C=O) groups excluding carboxylic acids is 2. The predicted molar refractivity (Wildman–Crippen MR) is 70.9 cm³/mol. The number of ketones is 1. The van der Waals surface area contributed by atoms with Crippen molar-refractivity contribution < 1.29 is 18.7 Å². The first-order chi connectivity index (χ1) is 9.08. The van der Waals surface area contributed by atoms with E-state index in [-0.39, 0.29) is 24.6 Å². The Morgan fingerprint density at radius 2 is 1.89 bits per heavy atom. The normalized spacial score (nSPS) is 12.4. The highest BCUT2D eigenvalue weighted by Crippen LogP contribution is 2.11. The third-order valence-electron chi connectivity index (χ3n) is 2.59. The fourth-order valence-electron chi connectivity index (χ4n) is 1.55. The van der Waals surface area contributed by atoms with Crippen LogP contribution in [0.4, 0.5) is 4.39 Å². The summed E-state index contributed by atoms with van der Waals surface area (Å²) < 4.78 is 17.6. The summed E-state index contributed by atoms with van der Waals surface area (Å²) in [6.07, 6.45) is 3.38. The molecule has 0 aliphatic rings. The Labute approximate surface area is 112 Å². The molecule has 1 atom stereocenters. The van der Waals surface area contributed by atoms with Gasteiger partial charge in [-0.05, 0) is 24.6 Å². The van der Waals surface area contributed by atoms with Crippen molar-refractivity contribution >= 4 is 17.8 Å². The number of hydrogen-bond acceptors (Lipinski definition) is 3. The van der Waals surface area contributed by atoms with Crippen LogP contribution >= 0.6 is 0 Å². The van der Waals surface area contributed by atoms with Crippen LogP contribution in [-0.4, -0.2) is 18.4 Å². The summed E-state index contributed by atoms with van der Waals surface area (Å²) in [5, 5.41) is 0. The molecule has 0 aliphatic carbocycles. The highest BCUT2D eigenvalue weighted by Gasteiger charge is 2.23. The van der Waals surface area contributed by atoms with E-state index < -0.39 is 11.9 Å². The minimum Gasteiger partial charge on any atom is -0.465 e. The lowest BCUT2D eigenvalue weighted by Crippen LogP contribution is -2.23. The average Bonchev–Trinajstić information content (AvgIpc) is 2.41. The van der Waals surface area contributed by atoms with Crippen molar-refractivity contribution in [3.63, 3.8) is 0 Å². The van der Waals surface area contributed by atoms with Crippen LogP contribution in [0.1, 0.15) is 25.8 Å². The number of Topliss-reactive ketones (excluding diaryl/α,β-unsaturated/α-hetero) is 1. The molecule has 0 aromatic heterocycles. The third kappa shape index (κ3) is 4.66. The molecule has 0 heterocycles. The Morgan fingerprint density at radius 3 is 2.42 bits per heavy atom. The lowest BCUT2D eigenvalue weighted by molar-refractivity contribution is -0.149. The Balaban J connectivity index is 2.84. The second kappa shape index (κ2) is 7.46. The summed E-state index contributed by atoms with van der Waals surface area (Å²) in [6.45, 7) is 3.62. The second-order valence-electron chi connectivity index (χ2n) is 3.96. The largest absolute Gasteiger partial charge is 0.465 e. The zero-order valence-electron chi connectivity index (χ0n) is 11.1. The van der Waals surface area contributed by atoms with Gasteiger partial charge < -0.3 is 4.74 Å². The summed E-state index contributed by atoms with van der Waals surface area (Å²) in [7, 11) is 0. The van der Waals surface area contributed by atoms with E-state index in [1.165, 1.54) is 18.2 Å². The lowest BCUT2D eigenvalue weighted by Gasteiger charge is -2.09. The van der Waals surface area contributed by atoms with Crippen molar-refractivity contribution in [2.75, 3.05) is 6.61 Å². The molecule has 102 valence electrons. The first-order valence-electron chi connectivity index (χ1n) is 6.21. The minimum atomic E-state index is -0.894. The molecular formula is C15H17FO3. The van der Waals surface area contributed by atoms with E-state index in [0.29, 0.717) is 0 Å². The van der Waals surface area contributed by atoms with Gasteiger partial charge in [0.1, 0.15) is 11.7 Å². The highest BCUT2D eigenvalue weighted by molar-refractivity contribution is 6.01. The molecule has 0 radical (unpaired) electrons. The van der Waals surface area contributed by atoms with Crippen LogP contribution in [-0.2, 0) is 14.3 Å². The van der Waals surface area contributed by atoms with E-state index in [4.69, 9.17) is 4.74 Å². The Kier molecular flexibility index (Phi) is 5.93. The molecule has 0 N–H and O–H groups in total. The molecule has 1 aromatic carbocycles. The molecule has 0 spiro atoms. The van der Waals surface area contributed by atoms with Crippen LogP contribution in [0, 0.1) is 11.7 Å². The number of ether oxygens (including phenoxy) is 1. The van der Waals surface area contributed by atoms with Crippen molar-refractivity contribution in [2.24, 2.45) is 5.92 Å². The molecule has 1 aromatic rings. The molecule has 0 fully saturated rings. The molecule has 0 saturated carbocycles. The van der Waals surface area contributed by atoms with Crippen LogP contribution < -0.4 is 0 Å². The van der Waals surface area contributed by atoms with E-state index in [2.05, 4.69) is 0 Å². The van der Waals surface area contributed by atoms with Gasteiger partial charge in [0.25, 0.3) is 0 Å². The Bertz CT molecular complexity index is 463. The van der Waals surface area contributed by atoms with Crippen molar-refractivity contribution in [3.05, 3.63) is 41.7 Å². The Hall–Kier alpha value is -1.97. The smallest absolute Gasteiger partial charge is 0.320 e. The fourth-order valence-corrected chi connectivity index (χ4v) is 1.55. The SMILES string of the molecule is CCOC(=O)C(/C=C/c1ccc(F)cc1)C(=O)CC. The van der Waals surface area contributed by atoms with Gasteiger partial charge in [-0.25, -0.2) is 4.39 Å². The first-order valence-corrected chi connectivity index (χ1v) is 6.21. The summed E-state index contributed by atoms with van der Waals surface area (Å²) >= 11 is 0. The van der Waals surface area contributed by atoms with Crippen LogP contribution in [0.5, 0.6) is 0 Å². The van der Waals surface area contributed by atoms with Gasteiger partial charge in [-0.2, -0.15) is 0 Å². The van der Waals surface area contributed by atoms with E-state index >= 15 is 0 Å². The lowest BCUT2D eigenvalue weighted by atomic mass is 10.0. The van der Waals surface area contributed by atoms with Crippen molar-refractivity contribution in [3.8, 4) is 0 Å². The number of rotatable bonds is 6. The third-order valence-corrected chi connectivity index (χ3v) is 2.59. The first kappa shape index (κ1) is 15.1. The van der Waals surface area contributed by atoms with Gasteiger partial charge >= 0.3 is 5.97 Å². The molecule has 0 aliphatic heterocycles. The molecule has 3 nitrogen and oxygen atoms in total. The summed E-state index contributed by atoms with van der Waals surface area (Å²) in [6, 6.07) is 5.79. The van der Waals surface area contributed by atoms with Gasteiger partial charge in [0, 0.05) is 6.42 Å². The van der Waals surface area contributed by atoms with Crippen LogP contribution in [0.2, 0.25) is 0 Å². The zero-order chi connectivity index (χ0) is 14.3. The van der Waals surface area contributed by atoms with Gasteiger partial charge in [-0.15, -0.1) is 0 Å². The molecular weight excluding hydrogens is 247 g/mol. The molecule has 1 unspecified atom stereocenters. The topological polar surface area (TPSA) is 43.4 Å². The number of halogens is 1. The summed E-state index contributed by atoms with van der Waals surface area (Å²) in [5.41, 5.74) is 0.722. The monoisotopic (exact) mass is 264 g/mol. The van der Waals surface area contributed by atoms with E-state index in [0.717, 1.165) is 5.56 Å². The average molecular weight is 264 g/mol. The minimum absolute atomic E-state index is 0.197. The quantitative estimate of drug-likeness (QED) is 0.586. The zero-order valence-corrected chi connectivity index (χ0v) is 11.1. The maximum Gasteiger partial charge on any atom is 0.320 e. The van der Waals surface area contributed by atoms with Gasteiger partial charge in [0.2, 0.25) is 0 Å². The van der Waals surface area contributed by atoms with Crippen molar-refractivity contribution in [2.45, 2.75) is 20.3 Å². The molecule has 1 rings (SSSR count). The molecule has 0 bridgehead atoms. The molecule has 0 saturated heterocycles. The van der Waals surface area contributed by atoms with Crippen LogP contribution in [0.25, 0.3) is 6.08 Å². The second-order valence-corrected chi connectivity index (χ2v) is 3.96. The van der Waals surface area contributed by atoms with Crippen LogP contribution in [0.15, 0.2) is 30.3 Å². The van der Waals surface area contributed by atoms with E-state index in [9.17, 15) is 14.0 Å². The predicted octanol–water partition coefficient (Wildman–Crippen LogP) is 3.00.